The van der Waals surface area contributed by atoms with E-state index in [0.717, 1.165) is 30.5 Å². The van der Waals surface area contributed by atoms with Gasteiger partial charge < -0.3 is 4.57 Å². The lowest BCUT2D eigenvalue weighted by molar-refractivity contribution is 0.577. The number of aromatic nitrogens is 2. The van der Waals surface area contributed by atoms with Gasteiger partial charge in [-0.1, -0.05) is 164 Å². The van der Waals surface area contributed by atoms with Crippen LogP contribution in [0.25, 0.3) is 93.3 Å². The van der Waals surface area contributed by atoms with Crippen molar-refractivity contribution < 1.29 is 0 Å². The van der Waals surface area contributed by atoms with Crippen LogP contribution in [0, 0.1) is 0 Å². The van der Waals surface area contributed by atoms with Gasteiger partial charge in [0.15, 0.2) is 0 Å². The minimum atomic E-state index is 0.281. The average molecular weight is 753 g/mol. The van der Waals surface area contributed by atoms with E-state index in [1.807, 2.05) is 0 Å². The molecule has 0 N–H and O–H groups in total. The molecule has 0 amide bonds. The average Bonchev–Trinajstić information content (AvgIpc) is 3.65. The van der Waals surface area contributed by atoms with E-state index < -0.39 is 0 Å². The van der Waals surface area contributed by atoms with E-state index in [-0.39, 0.29) is 5.92 Å². The van der Waals surface area contributed by atoms with Crippen LogP contribution in [0.15, 0.2) is 200 Å². The number of aryl methyl sites for hydroxylation is 1. The van der Waals surface area contributed by atoms with Gasteiger partial charge in [0, 0.05) is 33.6 Å². The molecule has 2 nitrogen and oxygen atoms in total. The first kappa shape index (κ1) is 33.8. The van der Waals surface area contributed by atoms with Crippen molar-refractivity contribution in [1.82, 2.24) is 9.55 Å². The molecule has 11 aromatic rings. The lowest BCUT2D eigenvalue weighted by Gasteiger charge is -2.29. The molecule has 0 radical (unpaired) electrons. The number of para-hydroxylation sites is 1. The summed E-state index contributed by atoms with van der Waals surface area (Å²) in [5.74, 6) is 0.281. The summed E-state index contributed by atoms with van der Waals surface area (Å²) < 4.78 is 2.46. The second-order valence-corrected chi connectivity index (χ2v) is 16.2. The first-order valence-electron chi connectivity index (χ1n) is 20.9. The zero-order valence-corrected chi connectivity index (χ0v) is 32.6. The second-order valence-electron chi connectivity index (χ2n) is 16.2. The van der Waals surface area contributed by atoms with Crippen molar-refractivity contribution in [2.45, 2.75) is 25.2 Å². The number of hydrogen-bond donors (Lipinski definition) is 0. The fraction of sp³-hybridized carbons (Fsp3) is 0.0702. The Morgan fingerprint density at radius 3 is 1.97 bits per heavy atom. The van der Waals surface area contributed by atoms with Crippen molar-refractivity contribution in [1.29, 1.82) is 0 Å². The number of pyridine rings is 1. The Hall–Kier alpha value is -7.29. The van der Waals surface area contributed by atoms with E-state index in [2.05, 4.69) is 205 Å². The molecule has 1 atom stereocenters. The first-order valence-corrected chi connectivity index (χ1v) is 20.9. The molecule has 59 heavy (non-hydrogen) atoms. The molecule has 0 bridgehead atoms. The minimum Gasteiger partial charge on any atom is -0.309 e. The summed E-state index contributed by atoms with van der Waals surface area (Å²) in [6.07, 6.45) is 3.01. The molecular formula is C57H40N2. The summed E-state index contributed by atoms with van der Waals surface area (Å²) >= 11 is 0. The summed E-state index contributed by atoms with van der Waals surface area (Å²) in [7, 11) is 0. The van der Waals surface area contributed by atoms with E-state index in [4.69, 9.17) is 4.98 Å². The maximum Gasteiger partial charge on any atom is 0.0711 e. The fourth-order valence-electron chi connectivity index (χ4n) is 10.1. The van der Waals surface area contributed by atoms with Crippen LogP contribution in [0.2, 0.25) is 0 Å². The van der Waals surface area contributed by atoms with Gasteiger partial charge in [0.25, 0.3) is 0 Å². The maximum atomic E-state index is 5.46. The molecule has 0 saturated carbocycles. The first-order chi connectivity index (χ1) is 29.2. The molecule has 0 spiro atoms. The summed E-state index contributed by atoms with van der Waals surface area (Å²) in [5.41, 5.74) is 14.9. The molecule has 1 aliphatic carbocycles. The third-order valence-electron chi connectivity index (χ3n) is 12.9. The number of benzene rings is 9. The predicted octanol–water partition coefficient (Wildman–Crippen LogP) is 14.9. The van der Waals surface area contributed by atoms with Crippen LogP contribution in [0.5, 0.6) is 0 Å². The molecule has 0 fully saturated rings. The number of nitrogens with zero attached hydrogens (tertiary/aromatic N) is 2. The SMILES string of the molecule is c1ccc(-c2cc(-c3ccccc3)nc(C3CCc4c(c5c(-c6ccc7c8ccccc8n(-c8ccc9ccccc9c8)c7c6)cccc5c5ccccc45)C3)c2)cc1. The van der Waals surface area contributed by atoms with E-state index in [1.54, 1.807) is 0 Å². The fourth-order valence-corrected chi connectivity index (χ4v) is 10.1. The predicted molar refractivity (Wildman–Crippen MR) is 249 cm³/mol. The van der Waals surface area contributed by atoms with Crippen molar-refractivity contribution in [2.24, 2.45) is 0 Å². The van der Waals surface area contributed by atoms with Crippen LogP contribution in [0.1, 0.15) is 29.2 Å². The Morgan fingerprint density at radius 2 is 1.12 bits per heavy atom. The Balaban J connectivity index is 1.06. The molecule has 1 unspecified atom stereocenters. The van der Waals surface area contributed by atoms with Crippen LogP contribution in [-0.4, -0.2) is 9.55 Å². The smallest absolute Gasteiger partial charge is 0.0711 e. The van der Waals surface area contributed by atoms with Crippen molar-refractivity contribution in [3.05, 3.63) is 217 Å². The molecule has 2 heteroatoms. The van der Waals surface area contributed by atoms with Crippen LogP contribution in [0.3, 0.4) is 0 Å². The van der Waals surface area contributed by atoms with E-state index >= 15 is 0 Å². The van der Waals surface area contributed by atoms with E-state index in [9.17, 15) is 0 Å². The molecular weight excluding hydrogens is 713 g/mol. The van der Waals surface area contributed by atoms with Gasteiger partial charge in [-0.05, 0) is 121 Å². The highest BCUT2D eigenvalue weighted by atomic mass is 15.0. The van der Waals surface area contributed by atoms with Gasteiger partial charge in [0.2, 0.25) is 0 Å². The van der Waals surface area contributed by atoms with Gasteiger partial charge in [0.1, 0.15) is 0 Å². The molecule has 278 valence electrons. The molecule has 0 aliphatic heterocycles. The highest BCUT2D eigenvalue weighted by Crippen LogP contribution is 2.46. The van der Waals surface area contributed by atoms with Crippen molar-refractivity contribution in [3.8, 4) is 39.2 Å². The number of hydrogen-bond acceptors (Lipinski definition) is 1. The van der Waals surface area contributed by atoms with E-state index in [0.29, 0.717) is 0 Å². The Morgan fingerprint density at radius 1 is 0.424 bits per heavy atom. The molecule has 9 aromatic carbocycles. The van der Waals surface area contributed by atoms with Crippen molar-refractivity contribution in [2.75, 3.05) is 0 Å². The van der Waals surface area contributed by atoms with Gasteiger partial charge in [-0.15, -0.1) is 0 Å². The third-order valence-corrected chi connectivity index (χ3v) is 12.9. The maximum absolute atomic E-state index is 5.46. The van der Waals surface area contributed by atoms with Crippen LogP contribution >= 0.6 is 0 Å². The Kier molecular flexibility index (Phi) is 7.84. The van der Waals surface area contributed by atoms with Crippen LogP contribution in [-0.2, 0) is 12.8 Å². The standard InChI is InChI=1S/C57H40N2/c1-3-14-37(15-4-1)43-34-53(39-17-5-2-6-18-39)58-54(35-43)42-28-30-48-46-20-9-10-21-47(46)51-24-13-23-45(57(51)52(48)33-42)41-27-31-50-49-22-11-12-25-55(49)59(56(50)36-41)44-29-26-38-16-7-8-19-40(38)32-44/h1-27,29,31-32,34-36,42H,28,30,33H2. The largest absolute Gasteiger partial charge is 0.309 e. The number of fused-ring (bicyclic) bond motifs is 10. The summed E-state index contributed by atoms with van der Waals surface area (Å²) in [6.45, 7) is 0. The van der Waals surface area contributed by atoms with Crippen LogP contribution in [0.4, 0.5) is 0 Å². The van der Waals surface area contributed by atoms with Crippen molar-refractivity contribution in [3.63, 3.8) is 0 Å². The normalized spacial score (nSPS) is 14.1. The highest BCUT2D eigenvalue weighted by Gasteiger charge is 2.28. The third kappa shape index (κ3) is 5.59. The summed E-state index contributed by atoms with van der Waals surface area (Å²) in [6, 6.07) is 73.6. The topological polar surface area (TPSA) is 17.8 Å². The van der Waals surface area contributed by atoms with E-state index in [1.165, 1.54) is 98.9 Å². The van der Waals surface area contributed by atoms with Crippen LogP contribution < -0.4 is 0 Å². The quantitative estimate of drug-likeness (QED) is 0.160. The Bertz CT molecular complexity index is 3360. The molecule has 0 saturated heterocycles. The Labute approximate surface area is 343 Å². The monoisotopic (exact) mass is 752 g/mol. The van der Waals surface area contributed by atoms with Gasteiger partial charge in [-0.2, -0.15) is 0 Å². The summed E-state index contributed by atoms with van der Waals surface area (Å²) in [4.78, 5) is 5.46. The van der Waals surface area contributed by atoms with Gasteiger partial charge >= 0.3 is 0 Å². The second kappa shape index (κ2) is 13.7. The van der Waals surface area contributed by atoms with Gasteiger partial charge in [-0.3, -0.25) is 4.98 Å². The number of rotatable bonds is 5. The molecule has 2 heterocycles. The van der Waals surface area contributed by atoms with Gasteiger partial charge in [0.05, 0.1) is 16.7 Å². The zero-order chi connectivity index (χ0) is 38.9. The molecule has 2 aromatic heterocycles. The van der Waals surface area contributed by atoms with Gasteiger partial charge in [-0.25, -0.2) is 0 Å². The lowest BCUT2D eigenvalue weighted by atomic mass is 9.76. The lowest BCUT2D eigenvalue weighted by Crippen LogP contribution is -2.16. The highest BCUT2D eigenvalue weighted by molar-refractivity contribution is 6.16. The molecule has 12 rings (SSSR count). The van der Waals surface area contributed by atoms with Crippen molar-refractivity contribution >= 4 is 54.1 Å². The zero-order valence-electron chi connectivity index (χ0n) is 32.6. The summed E-state index contributed by atoms with van der Waals surface area (Å²) in [5, 5.41) is 10.5. The minimum absolute atomic E-state index is 0.281. The molecule has 1 aliphatic rings.